The highest BCUT2D eigenvalue weighted by molar-refractivity contribution is 7.89. The Morgan fingerprint density at radius 2 is 2.18 bits per heavy atom. The second-order valence-electron chi connectivity index (χ2n) is 5.29. The van der Waals surface area contributed by atoms with Crippen molar-refractivity contribution in [1.82, 2.24) is 4.72 Å². The summed E-state index contributed by atoms with van der Waals surface area (Å²) in [7, 11) is -2.69. The molecular weight excluding hydrogens is 328 g/mol. The summed E-state index contributed by atoms with van der Waals surface area (Å²) in [5, 5.41) is 0.231. The van der Waals surface area contributed by atoms with Crippen LogP contribution in [0.4, 0.5) is 0 Å². The molecule has 6 nitrogen and oxygen atoms in total. The molecule has 1 saturated carbocycles. The smallest absolute Gasteiger partial charge is 0.339 e. The summed E-state index contributed by atoms with van der Waals surface area (Å²) in [6.07, 6.45) is 2.55. The van der Waals surface area contributed by atoms with Gasteiger partial charge in [0, 0.05) is 11.1 Å². The highest BCUT2D eigenvalue weighted by atomic mass is 35.5. The number of halogens is 1. The van der Waals surface area contributed by atoms with E-state index in [9.17, 15) is 13.2 Å². The first-order valence-electron chi connectivity index (χ1n) is 6.99. The van der Waals surface area contributed by atoms with Crippen LogP contribution >= 0.6 is 11.6 Å². The van der Waals surface area contributed by atoms with Crippen molar-refractivity contribution in [2.75, 3.05) is 13.7 Å². The number of sulfonamides is 1. The van der Waals surface area contributed by atoms with E-state index < -0.39 is 16.0 Å². The molecule has 0 aliphatic heterocycles. The van der Waals surface area contributed by atoms with Crippen molar-refractivity contribution >= 4 is 27.6 Å². The maximum Gasteiger partial charge on any atom is 0.339 e. The van der Waals surface area contributed by atoms with Crippen molar-refractivity contribution in [3.63, 3.8) is 0 Å². The summed E-state index contributed by atoms with van der Waals surface area (Å²) < 4.78 is 32.5. The number of hydrogen-bond donors (Lipinski definition) is 2. The van der Waals surface area contributed by atoms with Crippen molar-refractivity contribution in [3.05, 3.63) is 28.8 Å². The van der Waals surface area contributed by atoms with E-state index in [0.29, 0.717) is 6.54 Å². The first-order valence-corrected chi connectivity index (χ1v) is 8.85. The average molecular weight is 347 g/mol. The van der Waals surface area contributed by atoms with Gasteiger partial charge in [-0.3, -0.25) is 0 Å². The monoisotopic (exact) mass is 346 g/mol. The molecule has 22 heavy (non-hydrogen) atoms. The zero-order chi connectivity index (χ0) is 16.3. The van der Waals surface area contributed by atoms with Gasteiger partial charge in [0.25, 0.3) is 0 Å². The number of methoxy groups -OCH3 is 1. The molecule has 0 radical (unpaired) electrons. The van der Waals surface area contributed by atoms with Crippen LogP contribution in [0.25, 0.3) is 0 Å². The number of carbonyl (C=O) groups is 1. The Bertz CT molecular complexity index is 663. The van der Waals surface area contributed by atoms with E-state index >= 15 is 0 Å². The third kappa shape index (κ3) is 3.60. The Balaban J connectivity index is 2.36. The van der Waals surface area contributed by atoms with Crippen LogP contribution in [0, 0.1) is 5.92 Å². The summed E-state index contributed by atoms with van der Waals surface area (Å²) in [5.41, 5.74) is 5.64. The molecule has 0 aromatic heterocycles. The number of nitrogens with two attached hydrogens (primary N) is 1. The summed E-state index contributed by atoms with van der Waals surface area (Å²) in [6, 6.07) is 3.82. The van der Waals surface area contributed by atoms with Crippen molar-refractivity contribution in [2.45, 2.75) is 30.2 Å². The molecule has 0 spiro atoms. The van der Waals surface area contributed by atoms with Crippen LogP contribution in [0.15, 0.2) is 23.1 Å². The molecule has 122 valence electrons. The van der Waals surface area contributed by atoms with Gasteiger partial charge in [0.1, 0.15) is 0 Å². The molecule has 0 bridgehead atoms. The molecule has 0 amide bonds. The van der Waals surface area contributed by atoms with Gasteiger partial charge in [-0.05, 0) is 43.5 Å². The standard InChI is InChI=1S/C14H19ClN2O4S/c1-21-14(18)11-6-5-10(15)7-13(11)22(19,20)17-12-4-2-3-9(12)8-16/h5-7,9,12,17H,2-4,8,16H2,1H3. The topological polar surface area (TPSA) is 98.5 Å². The molecule has 1 aliphatic carbocycles. The lowest BCUT2D eigenvalue weighted by Gasteiger charge is -2.20. The maximum absolute atomic E-state index is 12.6. The van der Waals surface area contributed by atoms with Gasteiger partial charge in [-0.15, -0.1) is 0 Å². The fraction of sp³-hybridized carbons (Fsp3) is 0.500. The van der Waals surface area contributed by atoms with E-state index in [1.807, 2.05) is 0 Å². The van der Waals surface area contributed by atoms with E-state index in [4.69, 9.17) is 17.3 Å². The Kier molecular flexibility index (Phi) is 5.44. The number of ether oxygens (including phenoxy) is 1. The predicted molar refractivity (Wildman–Crippen MR) is 83.3 cm³/mol. The molecule has 1 aromatic carbocycles. The maximum atomic E-state index is 12.6. The molecular formula is C14H19ClN2O4S. The molecule has 2 rings (SSSR count). The zero-order valence-corrected chi connectivity index (χ0v) is 13.8. The number of esters is 1. The van der Waals surface area contributed by atoms with Crippen molar-refractivity contribution in [1.29, 1.82) is 0 Å². The van der Waals surface area contributed by atoms with Crippen LogP contribution in [0.5, 0.6) is 0 Å². The Morgan fingerprint density at radius 3 is 2.82 bits per heavy atom. The van der Waals surface area contributed by atoms with Crippen LogP contribution in [0.3, 0.4) is 0 Å². The van der Waals surface area contributed by atoms with E-state index in [2.05, 4.69) is 9.46 Å². The minimum atomic E-state index is -3.89. The second kappa shape index (κ2) is 6.95. The molecule has 1 aromatic rings. The lowest BCUT2D eigenvalue weighted by molar-refractivity contribution is 0.0596. The molecule has 0 saturated heterocycles. The number of hydrogen-bond acceptors (Lipinski definition) is 5. The number of benzene rings is 1. The number of rotatable bonds is 5. The van der Waals surface area contributed by atoms with Crippen LogP contribution in [0.2, 0.25) is 5.02 Å². The predicted octanol–water partition coefficient (Wildman–Crippen LogP) is 1.53. The third-order valence-corrected chi connectivity index (χ3v) is 5.67. The van der Waals surface area contributed by atoms with Gasteiger partial charge in [0.2, 0.25) is 10.0 Å². The zero-order valence-electron chi connectivity index (χ0n) is 12.2. The van der Waals surface area contributed by atoms with Gasteiger partial charge in [-0.1, -0.05) is 18.0 Å². The van der Waals surface area contributed by atoms with Crippen LogP contribution < -0.4 is 10.5 Å². The number of carbonyl (C=O) groups excluding carboxylic acids is 1. The summed E-state index contributed by atoms with van der Waals surface area (Å²) >= 11 is 5.88. The largest absolute Gasteiger partial charge is 0.465 e. The van der Waals surface area contributed by atoms with Crippen LogP contribution in [0.1, 0.15) is 29.6 Å². The first kappa shape index (κ1) is 17.2. The molecule has 1 fully saturated rings. The van der Waals surface area contributed by atoms with Gasteiger partial charge >= 0.3 is 5.97 Å². The van der Waals surface area contributed by atoms with Gasteiger partial charge < -0.3 is 10.5 Å². The van der Waals surface area contributed by atoms with Crippen LogP contribution in [-0.4, -0.2) is 34.1 Å². The molecule has 2 atom stereocenters. The van der Waals surface area contributed by atoms with E-state index in [1.54, 1.807) is 0 Å². The highest BCUT2D eigenvalue weighted by Gasteiger charge is 2.32. The van der Waals surface area contributed by atoms with Gasteiger partial charge in [-0.2, -0.15) is 0 Å². The van der Waals surface area contributed by atoms with E-state index in [0.717, 1.165) is 19.3 Å². The molecule has 3 N–H and O–H groups in total. The van der Waals surface area contributed by atoms with Crippen molar-refractivity contribution in [2.24, 2.45) is 11.7 Å². The molecule has 2 unspecified atom stereocenters. The minimum absolute atomic E-state index is 0.0401. The highest BCUT2D eigenvalue weighted by Crippen LogP contribution is 2.28. The Morgan fingerprint density at radius 1 is 1.45 bits per heavy atom. The summed E-state index contributed by atoms with van der Waals surface area (Å²) in [6.45, 7) is 0.423. The normalized spacial score (nSPS) is 21.8. The molecule has 1 aliphatic rings. The van der Waals surface area contributed by atoms with Gasteiger partial charge in [0.15, 0.2) is 0 Å². The molecule has 8 heteroatoms. The second-order valence-corrected chi connectivity index (χ2v) is 7.41. The fourth-order valence-corrected chi connectivity index (χ4v) is 4.53. The van der Waals surface area contributed by atoms with Crippen LogP contribution in [-0.2, 0) is 14.8 Å². The summed E-state index contributed by atoms with van der Waals surface area (Å²) in [5.74, 6) is -0.616. The number of nitrogens with one attached hydrogen (secondary N) is 1. The Labute approximate surface area is 135 Å². The summed E-state index contributed by atoms with van der Waals surface area (Å²) in [4.78, 5) is 11.6. The average Bonchev–Trinajstić information content (AvgIpc) is 2.92. The lowest BCUT2D eigenvalue weighted by atomic mass is 10.1. The van der Waals surface area contributed by atoms with E-state index in [1.165, 1.54) is 25.3 Å². The first-order chi connectivity index (χ1) is 10.4. The fourth-order valence-electron chi connectivity index (χ4n) is 2.73. The van der Waals surface area contributed by atoms with E-state index in [-0.39, 0.29) is 27.4 Å². The SMILES string of the molecule is COC(=O)c1ccc(Cl)cc1S(=O)(=O)NC1CCCC1CN. The van der Waals surface area contributed by atoms with Gasteiger partial charge in [0.05, 0.1) is 17.6 Å². The third-order valence-electron chi connectivity index (χ3n) is 3.91. The van der Waals surface area contributed by atoms with Crippen molar-refractivity contribution < 1.29 is 17.9 Å². The quantitative estimate of drug-likeness (QED) is 0.788. The van der Waals surface area contributed by atoms with Crippen molar-refractivity contribution in [3.8, 4) is 0 Å². The molecule has 0 heterocycles. The Hall–Kier alpha value is -1.15. The lowest BCUT2D eigenvalue weighted by Crippen LogP contribution is -2.40. The van der Waals surface area contributed by atoms with Gasteiger partial charge in [-0.25, -0.2) is 17.9 Å². The minimum Gasteiger partial charge on any atom is -0.465 e.